The third-order valence-corrected chi connectivity index (χ3v) is 4.65. The zero-order valence-corrected chi connectivity index (χ0v) is 14.9. The van der Waals surface area contributed by atoms with Crippen molar-refractivity contribution in [3.05, 3.63) is 67.6 Å². The normalized spacial score (nSPS) is 18.0. The molecular formula is C16H10ClIN2OS. The van der Waals surface area contributed by atoms with E-state index in [-0.39, 0.29) is 5.91 Å². The van der Waals surface area contributed by atoms with Gasteiger partial charge in [0.2, 0.25) is 0 Å². The van der Waals surface area contributed by atoms with Crippen molar-refractivity contribution in [2.75, 3.05) is 0 Å². The molecule has 0 aliphatic carbocycles. The monoisotopic (exact) mass is 440 g/mol. The average molecular weight is 441 g/mol. The maximum Gasteiger partial charge on any atom is 0.264 e. The van der Waals surface area contributed by atoms with E-state index in [1.807, 2.05) is 42.5 Å². The molecule has 0 saturated carbocycles. The Morgan fingerprint density at radius 2 is 2.00 bits per heavy atom. The van der Waals surface area contributed by atoms with Crippen LogP contribution in [0.5, 0.6) is 0 Å². The number of carbonyl (C=O) groups excluding carboxylic acids is 1. The van der Waals surface area contributed by atoms with E-state index in [0.717, 1.165) is 9.13 Å². The van der Waals surface area contributed by atoms with Crippen molar-refractivity contribution in [1.82, 2.24) is 5.32 Å². The first kappa shape index (κ1) is 15.6. The summed E-state index contributed by atoms with van der Waals surface area (Å²) in [5.74, 6) is -0.135. The van der Waals surface area contributed by atoms with Crippen LogP contribution in [0.15, 0.2) is 58.4 Å². The number of thioether (sulfide) groups is 1. The SMILES string of the molecule is O=C1NC(=Nc2cccc(Cl)c2)SC1=Cc1cccc(I)c1. The fourth-order valence-corrected chi connectivity index (χ4v) is 3.48. The summed E-state index contributed by atoms with van der Waals surface area (Å²) in [4.78, 5) is 17.0. The molecular weight excluding hydrogens is 431 g/mol. The Balaban J connectivity index is 1.84. The molecule has 1 amide bonds. The number of aliphatic imine (C=N–C) groups is 1. The van der Waals surface area contributed by atoms with Gasteiger partial charge in [-0.2, -0.15) is 0 Å². The van der Waals surface area contributed by atoms with Gasteiger partial charge in [-0.05, 0) is 76.3 Å². The number of benzene rings is 2. The zero-order chi connectivity index (χ0) is 15.5. The summed E-state index contributed by atoms with van der Waals surface area (Å²) in [6, 6.07) is 15.2. The Morgan fingerprint density at radius 3 is 2.77 bits per heavy atom. The second-order valence-corrected chi connectivity index (χ2v) is 7.23. The minimum absolute atomic E-state index is 0.135. The Hall–Kier alpha value is -1.31. The van der Waals surface area contributed by atoms with Gasteiger partial charge in [0.15, 0.2) is 5.17 Å². The van der Waals surface area contributed by atoms with Gasteiger partial charge in [-0.25, -0.2) is 4.99 Å². The van der Waals surface area contributed by atoms with E-state index in [1.165, 1.54) is 11.8 Å². The van der Waals surface area contributed by atoms with Crippen LogP contribution in [-0.4, -0.2) is 11.1 Å². The molecule has 1 aliphatic heterocycles. The molecule has 1 fully saturated rings. The number of amidine groups is 1. The van der Waals surface area contributed by atoms with Crippen molar-refractivity contribution < 1.29 is 4.79 Å². The van der Waals surface area contributed by atoms with Gasteiger partial charge < -0.3 is 5.32 Å². The van der Waals surface area contributed by atoms with Crippen LogP contribution in [0.25, 0.3) is 6.08 Å². The molecule has 0 spiro atoms. The van der Waals surface area contributed by atoms with Gasteiger partial charge in [0.1, 0.15) is 0 Å². The number of amides is 1. The first-order valence-electron chi connectivity index (χ1n) is 6.41. The van der Waals surface area contributed by atoms with Crippen LogP contribution in [0.4, 0.5) is 5.69 Å². The van der Waals surface area contributed by atoms with E-state index in [9.17, 15) is 4.79 Å². The van der Waals surface area contributed by atoms with Crippen molar-refractivity contribution in [3.8, 4) is 0 Å². The van der Waals surface area contributed by atoms with Gasteiger partial charge in [-0.3, -0.25) is 4.79 Å². The average Bonchev–Trinajstić information content (AvgIpc) is 2.79. The third-order valence-electron chi connectivity index (χ3n) is 2.84. The van der Waals surface area contributed by atoms with Gasteiger partial charge in [0.25, 0.3) is 5.91 Å². The van der Waals surface area contributed by atoms with Crippen molar-refractivity contribution in [2.45, 2.75) is 0 Å². The summed E-state index contributed by atoms with van der Waals surface area (Å²) in [6.07, 6.45) is 1.86. The first-order chi connectivity index (χ1) is 10.6. The maximum atomic E-state index is 12.0. The molecule has 6 heteroatoms. The molecule has 1 heterocycles. The molecule has 110 valence electrons. The summed E-state index contributed by atoms with van der Waals surface area (Å²) < 4.78 is 1.13. The summed E-state index contributed by atoms with van der Waals surface area (Å²) in [7, 11) is 0. The van der Waals surface area contributed by atoms with Crippen LogP contribution in [0, 0.1) is 3.57 Å². The molecule has 0 bridgehead atoms. The molecule has 0 unspecified atom stereocenters. The van der Waals surface area contributed by atoms with Gasteiger partial charge in [-0.15, -0.1) is 0 Å². The van der Waals surface area contributed by atoms with E-state index in [1.54, 1.807) is 12.1 Å². The lowest BCUT2D eigenvalue weighted by Crippen LogP contribution is -2.19. The highest BCUT2D eigenvalue weighted by Gasteiger charge is 2.23. The quantitative estimate of drug-likeness (QED) is 0.536. The molecule has 0 atom stereocenters. The van der Waals surface area contributed by atoms with Crippen LogP contribution >= 0.6 is 46.0 Å². The van der Waals surface area contributed by atoms with Gasteiger partial charge in [-0.1, -0.05) is 29.8 Å². The van der Waals surface area contributed by atoms with Crippen LogP contribution < -0.4 is 5.32 Å². The zero-order valence-electron chi connectivity index (χ0n) is 11.2. The number of nitrogens with one attached hydrogen (secondary N) is 1. The molecule has 0 radical (unpaired) electrons. The minimum atomic E-state index is -0.135. The molecule has 1 aliphatic rings. The molecule has 22 heavy (non-hydrogen) atoms. The smallest absolute Gasteiger partial charge is 0.264 e. The number of rotatable bonds is 2. The van der Waals surface area contributed by atoms with Crippen molar-refractivity contribution in [3.63, 3.8) is 0 Å². The summed E-state index contributed by atoms with van der Waals surface area (Å²) in [6.45, 7) is 0. The predicted octanol–water partition coefficient (Wildman–Crippen LogP) is 4.84. The second-order valence-electron chi connectivity index (χ2n) is 4.52. The highest BCUT2D eigenvalue weighted by atomic mass is 127. The number of hydrogen-bond acceptors (Lipinski definition) is 3. The third kappa shape index (κ3) is 3.91. The van der Waals surface area contributed by atoms with Crippen LogP contribution in [0.2, 0.25) is 5.02 Å². The second kappa shape index (κ2) is 6.85. The van der Waals surface area contributed by atoms with Gasteiger partial charge in [0, 0.05) is 8.59 Å². The molecule has 3 nitrogen and oxygen atoms in total. The fraction of sp³-hybridized carbons (Fsp3) is 0. The standard InChI is InChI=1S/C16H10ClIN2OS/c17-11-4-2-6-13(9-11)19-16-20-15(21)14(22-16)8-10-3-1-5-12(18)7-10/h1-9H,(H,19,20,21). The highest BCUT2D eigenvalue weighted by molar-refractivity contribution is 14.1. The Morgan fingerprint density at radius 1 is 1.18 bits per heavy atom. The van der Waals surface area contributed by atoms with E-state index < -0.39 is 0 Å². The van der Waals surface area contributed by atoms with Gasteiger partial charge >= 0.3 is 0 Å². The Labute approximate surface area is 151 Å². The topological polar surface area (TPSA) is 41.5 Å². The van der Waals surface area contributed by atoms with Crippen LogP contribution in [0.1, 0.15) is 5.56 Å². The molecule has 1 saturated heterocycles. The Kier molecular flexibility index (Phi) is 4.85. The summed E-state index contributed by atoms with van der Waals surface area (Å²) in [5.41, 5.74) is 1.71. The lowest BCUT2D eigenvalue weighted by molar-refractivity contribution is -0.115. The van der Waals surface area contributed by atoms with E-state index in [4.69, 9.17) is 11.6 Å². The number of nitrogens with zero attached hydrogens (tertiary/aromatic N) is 1. The number of hydrogen-bond donors (Lipinski definition) is 1. The van der Waals surface area contributed by atoms with Crippen molar-refractivity contribution in [1.29, 1.82) is 0 Å². The van der Waals surface area contributed by atoms with Crippen LogP contribution in [0.3, 0.4) is 0 Å². The van der Waals surface area contributed by atoms with Gasteiger partial charge in [0.05, 0.1) is 10.6 Å². The lowest BCUT2D eigenvalue weighted by Gasteiger charge is -1.97. The number of halogens is 2. The largest absolute Gasteiger partial charge is 0.300 e. The summed E-state index contributed by atoms with van der Waals surface area (Å²) in [5, 5.41) is 3.94. The molecule has 1 N–H and O–H groups in total. The highest BCUT2D eigenvalue weighted by Crippen LogP contribution is 2.28. The predicted molar refractivity (Wildman–Crippen MR) is 101 cm³/mol. The van der Waals surface area contributed by atoms with Crippen molar-refractivity contribution in [2.24, 2.45) is 4.99 Å². The first-order valence-corrected chi connectivity index (χ1v) is 8.68. The Bertz CT molecular complexity index is 804. The molecule has 2 aromatic rings. The van der Waals surface area contributed by atoms with E-state index >= 15 is 0 Å². The van der Waals surface area contributed by atoms with Crippen LogP contribution in [-0.2, 0) is 4.79 Å². The fourth-order valence-electron chi connectivity index (χ4n) is 1.89. The van der Waals surface area contributed by atoms with Crippen molar-refractivity contribution >= 4 is 68.8 Å². The minimum Gasteiger partial charge on any atom is -0.300 e. The maximum absolute atomic E-state index is 12.0. The van der Waals surface area contributed by atoms with E-state index in [0.29, 0.717) is 20.8 Å². The summed E-state index contributed by atoms with van der Waals surface area (Å²) >= 11 is 9.51. The molecule has 2 aromatic carbocycles. The number of carbonyl (C=O) groups is 1. The molecule has 0 aromatic heterocycles. The van der Waals surface area contributed by atoms with E-state index in [2.05, 4.69) is 32.9 Å². The molecule has 3 rings (SSSR count). The lowest BCUT2D eigenvalue weighted by atomic mass is 10.2.